The Kier molecular flexibility index (Phi) is 2.81. The summed E-state index contributed by atoms with van der Waals surface area (Å²) in [4.78, 5) is 20.2. The largest absolute Gasteiger partial charge is 0.305 e. The molecule has 0 saturated carbocycles. The second-order valence-corrected chi connectivity index (χ2v) is 2.99. The van der Waals surface area contributed by atoms with E-state index in [1.54, 1.807) is 0 Å². The number of aryl methyl sites for hydroxylation is 1. The van der Waals surface area contributed by atoms with Crippen LogP contribution in [0.4, 0.5) is 10.1 Å². The van der Waals surface area contributed by atoms with Gasteiger partial charge in [0.05, 0.1) is 4.92 Å². The highest BCUT2D eigenvalue weighted by Gasteiger charge is 2.18. The fourth-order valence-electron chi connectivity index (χ4n) is 1.02. The summed E-state index contributed by atoms with van der Waals surface area (Å²) in [6.45, 7) is 1.45. The Balaban J connectivity index is 3.38. The highest BCUT2D eigenvalue weighted by Crippen LogP contribution is 2.22. The van der Waals surface area contributed by atoms with E-state index >= 15 is 0 Å². The molecule has 0 aliphatic rings. The smallest absolute Gasteiger partial charge is 0.276 e. The van der Waals surface area contributed by atoms with Crippen LogP contribution in [0.1, 0.15) is 15.9 Å². The van der Waals surface area contributed by atoms with E-state index in [0.29, 0.717) is 0 Å². The summed E-state index contributed by atoms with van der Waals surface area (Å²) in [7, 11) is 0. The van der Waals surface area contributed by atoms with Gasteiger partial charge in [-0.15, -0.1) is 0 Å². The molecule has 0 spiro atoms. The maximum Gasteiger partial charge on any atom is 0.305 e. The van der Waals surface area contributed by atoms with E-state index in [-0.39, 0.29) is 11.1 Å². The van der Waals surface area contributed by atoms with Crippen molar-refractivity contribution in [2.45, 2.75) is 6.92 Å². The van der Waals surface area contributed by atoms with Crippen molar-refractivity contribution in [3.8, 4) is 0 Å². The Labute approximate surface area is 83.4 Å². The van der Waals surface area contributed by atoms with Gasteiger partial charge in [0.1, 0.15) is 0 Å². The Morgan fingerprint density at radius 2 is 2.14 bits per heavy atom. The third kappa shape index (κ3) is 1.88. The lowest BCUT2D eigenvalue weighted by atomic mass is 10.1. The van der Waals surface area contributed by atoms with Crippen molar-refractivity contribution in [1.82, 2.24) is 0 Å². The van der Waals surface area contributed by atoms with Gasteiger partial charge in [-0.2, -0.15) is 4.39 Å². The Morgan fingerprint density at radius 3 is 2.57 bits per heavy atom. The van der Waals surface area contributed by atoms with Gasteiger partial charge < -0.3 is 0 Å². The van der Waals surface area contributed by atoms with Crippen LogP contribution in [-0.4, -0.2) is 10.2 Å². The maximum absolute atomic E-state index is 13.0. The van der Waals surface area contributed by atoms with Crippen molar-refractivity contribution >= 4 is 22.5 Å². The SMILES string of the molecule is Cc1cc([N+](=O)[O-])c(F)cc1C(=O)Cl. The Morgan fingerprint density at radius 1 is 1.57 bits per heavy atom. The van der Waals surface area contributed by atoms with Crippen molar-refractivity contribution in [3.05, 3.63) is 39.2 Å². The first-order valence-electron chi connectivity index (χ1n) is 3.58. The summed E-state index contributed by atoms with van der Waals surface area (Å²) in [6.07, 6.45) is 0. The normalized spacial score (nSPS) is 9.93. The van der Waals surface area contributed by atoms with Crippen LogP contribution in [0.5, 0.6) is 0 Å². The molecular weight excluding hydrogens is 213 g/mol. The van der Waals surface area contributed by atoms with E-state index in [4.69, 9.17) is 11.6 Å². The van der Waals surface area contributed by atoms with Gasteiger partial charge in [0.2, 0.25) is 5.82 Å². The molecule has 0 unspecified atom stereocenters. The molecule has 0 N–H and O–H groups in total. The number of nitro groups is 1. The number of halogens is 2. The van der Waals surface area contributed by atoms with E-state index in [1.165, 1.54) is 6.92 Å². The highest BCUT2D eigenvalue weighted by molar-refractivity contribution is 6.67. The second kappa shape index (κ2) is 3.71. The molecule has 0 aliphatic carbocycles. The number of nitrogens with zero attached hydrogens (tertiary/aromatic N) is 1. The summed E-state index contributed by atoms with van der Waals surface area (Å²) in [6, 6.07) is 1.74. The zero-order chi connectivity index (χ0) is 10.9. The average Bonchev–Trinajstić information content (AvgIpc) is 2.07. The first kappa shape index (κ1) is 10.6. The van der Waals surface area contributed by atoms with Gasteiger partial charge >= 0.3 is 5.69 Å². The predicted octanol–water partition coefficient (Wildman–Crippen LogP) is 2.42. The maximum atomic E-state index is 13.0. The molecule has 14 heavy (non-hydrogen) atoms. The fraction of sp³-hybridized carbons (Fsp3) is 0.125. The molecule has 0 fully saturated rings. The Bertz CT molecular complexity index is 380. The molecule has 1 aromatic rings. The molecule has 1 aromatic carbocycles. The molecule has 4 nitrogen and oxygen atoms in total. The monoisotopic (exact) mass is 217 g/mol. The third-order valence-corrected chi connectivity index (χ3v) is 1.91. The van der Waals surface area contributed by atoms with Gasteiger partial charge in [-0.1, -0.05) is 0 Å². The van der Waals surface area contributed by atoms with Crippen LogP contribution in [-0.2, 0) is 0 Å². The fourth-order valence-corrected chi connectivity index (χ4v) is 1.22. The van der Waals surface area contributed by atoms with Gasteiger partial charge in [-0.3, -0.25) is 14.9 Å². The Hall–Kier alpha value is -1.49. The topological polar surface area (TPSA) is 60.2 Å². The molecule has 0 saturated heterocycles. The summed E-state index contributed by atoms with van der Waals surface area (Å²) in [5.41, 5.74) is -0.447. The average molecular weight is 218 g/mol. The van der Waals surface area contributed by atoms with Crippen LogP contribution in [0.3, 0.4) is 0 Å². The number of hydrogen-bond donors (Lipinski definition) is 0. The number of carbonyl (C=O) groups excluding carboxylic acids is 1. The number of nitro benzene ring substituents is 1. The highest BCUT2D eigenvalue weighted by atomic mass is 35.5. The summed E-state index contributed by atoms with van der Waals surface area (Å²) < 4.78 is 13.0. The lowest BCUT2D eigenvalue weighted by molar-refractivity contribution is -0.387. The van der Waals surface area contributed by atoms with Gasteiger partial charge in [0.15, 0.2) is 0 Å². The summed E-state index contributed by atoms with van der Waals surface area (Å²) in [5, 5.41) is 9.47. The van der Waals surface area contributed by atoms with Crippen LogP contribution in [0.2, 0.25) is 0 Å². The van der Waals surface area contributed by atoms with E-state index in [0.717, 1.165) is 12.1 Å². The molecular formula is C8H5ClFNO3. The van der Waals surface area contributed by atoms with Crippen molar-refractivity contribution < 1.29 is 14.1 Å². The van der Waals surface area contributed by atoms with Gasteiger partial charge in [0, 0.05) is 11.6 Å². The van der Waals surface area contributed by atoms with Crippen molar-refractivity contribution in [1.29, 1.82) is 0 Å². The van der Waals surface area contributed by atoms with E-state index in [2.05, 4.69) is 0 Å². The van der Waals surface area contributed by atoms with E-state index in [1.807, 2.05) is 0 Å². The zero-order valence-electron chi connectivity index (χ0n) is 7.08. The first-order valence-corrected chi connectivity index (χ1v) is 3.95. The molecule has 0 atom stereocenters. The molecule has 0 aliphatic heterocycles. The lowest BCUT2D eigenvalue weighted by Gasteiger charge is -2.00. The zero-order valence-corrected chi connectivity index (χ0v) is 7.84. The minimum Gasteiger partial charge on any atom is -0.276 e. The van der Waals surface area contributed by atoms with E-state index in [9.17, 15) is 19.3 Å². The van der Waals surface area contributed by atoms with Gasteiger partial charge in [0.25, 0.3) is 5.24 Å². The molecule has 0 aromatic heterocycles. The lowest BCUT2D eigenvalue weighted by Crippen LogP contribution is -1.99. The van der Waals surface area contributed by atoms with Crippen LogP contribution >= 0.6 is 11.6 Å². The van der Waals surface area contributed by atoms with Crippen LogP contribution in [0.15, 0.2) is 12.1 Å². The van der Waals surface area contributed by atoms with Gasteiger partial charge in [-0.25, -0.2) is 0 Å². The second-order valence-electron chi connectivity index (χ2n) is 2.65. The minimum absolute atomic E-state index is 0.0604. The summed E-state index contributed by atoms with van der Waals surface area (Å²) in [5.74, 6) is -1.07. The quantitative estimate of drug-likeness (QED) is 0.434. The summed E-state index contributed by atoms with van der Waals surface area (Å²) >= 11 is 5.14. The van der Waals surface area contributed by atoms with E-state index < -0.39 is 21.7 Å². The van der Waals surface area contributed by atoms with Crippen LogP contribution in [0.25, 0.3) is 0 Å². The van der Waals surface area contributed by atoms with Crippen molar-refractivity contribution in [2.24, 2.45) is 0 Å². The molecule has 74 valence electrons. The molecule has 0 bridgehead atoms. The van der Waals surface area contributed by atoms with Crippen molar-refractivity contribution in [3.63, 3.8) is 0 Å². The number of carbonyl (C=O) groups is 1. The molecule has 0 heterocycles. The first-order chi connectivity index (χ1) is 6.43. The number of rotatable bonds is 2. The minimum atomic E-state index is -1.07. The number of benzene rings is 1. The predicted molar refractivity (Wildman–Crippen MR) is 48.0 cm³/mol. The molecule has 1 rings (SSSR count). The standard InChI is InChI=1S/C8H5ClFNO3/c1-4-2-7(11(13)14)6(10)3-5(4)8(9)12/h2-3H,1H3. The number of hydrogen-bond acceptors (Lipinski definition) is 3. The molecule has 0 amide bonds. The van der Waals surface area contributed by atoms with Crippen LogP contribution in [0, 0.1) is 22.9 Å². The van der Waals surface area contributed by atoms with Crippen LogP contribution < -0.4 is 0 Å². The van der Waals surface area contributed by atoms with Gasteiger partial charge in [-0.05, 0) is 30.2 Å². The van der Waals surface area contributed by atoms with Crippen molar-refractivity contribution in [2.75, 3.05) is 0 Å². The molecule has 6 heteroatoms. The molecule has 0 radical (unpaired) electrons. The third-order valence-electron chi connectivity index (χ3n) is 1.70.